The van der Waals surface area contributed by atoms with Crippen LogP contribution in [0.1, 0.15) is 76.6 Å². The van der Waals surface area contributed by atoms with E-state index in [-0.39, 0.29) is 46.0 Å². The number of nitrogens with one attached hydrogen (secondary N) is 1. The number of aromatic nitrogens is 2. The summed E-state index contributed by atoms with van der Waals surface area (Å²) in [5.41, 5.74) is 0.430. The number of anilines is 1. The van der Waals surface area contributed by atoms with E-state index in [1.165, 1.54) is 24.5 Å². The number of hydrogen-bond donors (Lipinski definition) is 1. The fourth-order valence-electron chi connectivity index (χ4n) is 9.12. The molecule has 5 heterocycles. The van der Waals surface area contributed by atoms with Gasteiger partial charge >= 0.3 is 0 Å². The molecule has 1 amide bonds. The third-order valence-corrected chi connectivity index (χ3v) is 13.8. The van der Waals surface area contributed by atoms with Gasteiger partial charge in [0.25, 0.3) is 5.91 Å². The van der Waals surface area contributed by atoms with Gasteiger partial charge in [-0.1, -0.05) is 0 Å². The van der Waals surface area contributed by atoms with Crippen molar-refractivity contribution < 1.29 is 22.3 Å². The molecular weight excluding hydrogens is 633 g/mol. The number of piperazine rings is 1. The minimum atomic E-state index is -3.22. The largest absolute Gasteiger partial charge is 0.451 e. The van der Waals surface area contributed by atoms with E-state index in [0.717, 1.165) is 77.8 Å². The average Bonchev–Trinajstić information content (AvgIpc) is 3.80. The van der Waals surface area contributed by atoms with Gasteiger partial charge in [0.1, 0.15) is 17.9 Å². The van der Waals surface area contributed by atoms with Crippen LogP contribution >= 0.6 is 0 Å². The third kappa shape index (κ3) is 6.43. The molecule has 5 fully saturated rings. The monoisotopic (exact) mass is 683 g/mol. The van der Waals surface area contributed by atoms with Gasteiger partial charge in [-0.05, 0) is 95.8 Å². The predicted molar refractivity (Wildman–Crippen MR) is 182 cm³/mol. The highest BCUT2D eigenvalue weighted by Crippen LogP contribution is 2.47. The summed E-state index contributed by atoms with van der Waals surface area (Å²) < 4.78 is 49.4. The summed E-state index contributed by atoms with van der Waals surface area (Å²) in [6.45, 7) is 14.0. The molecule has 48 heavy (non-hydrogen) atoms. The SMILES string of the molecule is CC(C)N(C(=O)c1cc(F)ccc1Oc1cncnc1N1CC[C@@H](CN2CC3(CCC(S(=O)(=O)N4C[C@@H]5C[C@H]4CN5)CC3)C2)C1)C(C)C. The number of ether oxygens (including phenoxy) is 1. The first-order valence-corrected chi connectivity index (χ1v) is 19.2. The van der Waals surface area contributed by atoms with Gasteiger partial charge in [-0.25, -0.2) is 22.8 Å². The van der Waals surface area contributed by atoms with Crippen LogP contribution in [0.15, 0.2) is 30.7 Å². The number of rotatable bonds is 10. The highest BCUT2D eigenvalue weighted by Gasteiger charge is 2.51. The summed E-state index contributed by atoms with van der Waals surface area (Å²) in [6, 6.07) is 4.41. The Morgan fingerprint density at radius 1 is 1.10 bits per heavy atom. The topological polar surface area (TPSA) is 111 Å². The van der Waals surface area contributed by atoms with Crippen LogP contribution in [-0.2, 0) is 10.0 Å². The van der Waals surface area contributed by atoms with Crippen LogP contribution in [0.3, 0.4) is 0 Å². The number of likely N-dealkylation sites (tertiary alicyclic amines) is 1. The van der Waals surface area contributed by atoms with E-state index in [9.17, 15) is 17.6 Å². The molecule has 1 aromatic carbocycles. The van der Waals surface area contributed by atoms with E-state index in [4.69, 9.17) is 4.74 Å². The highest BCUT2D eigenvalue weighted by atomic mass is 32.2. The first-order chi connectivity index (χ1) is 22.9. The van der Waals surface area contributed by atoms with Crippen LogP contribution in [0.2, 0.25) is 0 Å². The second-order valence-corrected chi connectivity index (χ2v) is 17.6. The molecule has 1 aliphatic carbocycles. The second kappa shape index (κ2) is 13.1. The van der Waals surface area contributed by atoms with Crippen molar-refractivity contribution in [3.05, 3.63) is 42.1 Å². The first-order valence-electron chi connectivity index (χ1n) is 17.7. The molecule has 5 aliphatic rings. The zero-order valence-electron chi connectivity index (χ0n) is 28.6. The van der Waals surface area contributed by atoms with Crippen molar-refractivity contribution in [2.45, 2.75) is 95.6 Å². The van der Waals surface area contributed by atoms with Gasteiger partial charge in [0.15, 0.2) is 11.6 Å². The van der Waals surface area contributed by atoms with Crippen LogP contribution in [-0.4, -0.2) is 114 Å². The Bertz CT molecular complexity index is 1600. The summed E-state index contributed by atoms with van der Waals surface area (Å²) in [5.74, 6) is 1.07. The van der Waals surface area contributed by atoms with Gasteiger partial charge in [-0.2, -0.15) is 4.31 Å². The molecule has 0 radical (unpaired) electrons. The Morgan fingerprint density at radius 3 is 2.52 bits per heavy atom. The zero-order chi connectivity index (χ0) is 33.8. The number of benzene rings is 1. The molecule has 11 nitrogen and oxygen atoms in total. The van der Waals surface area contributed by atoms with E-state index >= 15 is 0 Å². The number of halogens is 1. The Balaban J connectivity index is 0.943. The standard InChI is InChI=1S/C35H50FN7O4S/c1-23(2)43(24(3)4)34(44)30-13-26(36)5-6-31(30)47-32-16-37-22-39-33(32)41-12-9-25(18-41)17-40-20-35(21-40)10-7-29(8-11-35)48(45,46)42-19-27-14-28(42)15-38-27/h5-6,13,16,22-25,27-29,38H,7-12,14-15,17-21H2,1-4H3/t25-,27-,28-/m0/s1. The fourth-order valence-corrected chi connectivity index (χ4v) is 11.3. The quantitative estimate of drug-likeness (QED) is 0.396. The molecule has 1 N–H and O–H groups in total. The lowest BCUT2D eigenvalue weighted by molar-refractivity contribution is -0.0343. The van der Waals surface area contributed by atoms with Crippen molar-refractivity contribution in [3.8, 4) is 11.5 Å². The van der Waals surface area contributed by atoms with Crippen molar-refractivity contribution in [1.29, 1.82) is 0 Å². The first kappa shape index (κ1) is 33.6. The maximum absolute atomic E-state index is 14.4. The van der Waals surface area contributed by atoms with Crippen molar-refractivity contribution in [3.63, 3.8) is 0 Å². The van der Waals surface area contributed by atoms with Crippen molar-refractivity contribution in [2.75, 3.05) is 50.7 Å². The summed E-state index contributed by atoms with van der Waals surface area (Å²) >= 11 is 0. The maximum Gasteiger partial charge on any atom is 0.258 e. The lowest BCUT2D eigenvalue weighted by atomic mass is 9.68. The third-order valence-electron chi connectivity index (χ3n) is 11.4. The normalized spacial score (nSPS) is 26.1. The number of amides is 1. The van der Waals surface area contributed by atoms with Gasteiger partial charge in [0, 0.05) is 70.0 Å². The van der Waals surface area contributed by atoms with Crippen LogP contribution in [0, 0.1) is 17.2 Å². The zero-order valence-corrected chi connectivity index (χ0v) is 29.5. The lowest BCUT2D eigenvalue weighted by Crippen LogP contribution is -2.60. The maximum atomic E-state index is 14.4. The van der Waals surface area contributed by atoms with E-state index in [1.807, 2.05) is 32.0 Å². The Morgan fingerprint density at radius 2 is 1.85 bits per heavy atom. The van der Waals surface area contributed by atoms with Crippen LogP contribution in [0.25, 0.3) is 0 Å². The van der Waals surface area contributed by atoms with Crippen molar-refractivity contribution >= 4 is 21.7 Å². The van der Waals surface area contributed by atoms with Crippen LogP contribution < -0.4 is 15.0 Å². The Kier molecular flexibility index (Phi) is 9.18. The molecule has 1 spiro atoms. The summed E-state index contributed by atoms with van der Waals surface area (Å²) in [6.07, 6.45) is 8.64. The van der Waals surface area contributed by atoms with E-state index < -0.39 is 15.8 Å². The molecule has 2 aromatic rings. The van der Waals surface area contributed by atoms with Gasteiger partial charge in [-0.15, -0.1) is 0 Å². The van der Waals surface area contributed by atoms with Gasteiger partial charge in [0.05, 0.1) is 17.0 Å². The molecular formula is C35H50FN7O4S. The van der Waals surface area contributed by atoms with E-state index in [1.54, 1.807) is 11.1 Å². The summed E-state index contributed by atoms with van der Waals surface area (Å²) in [5, 5.41) is 3.19. The fraction of sp³-hybridized carbons (Fsp3) is 0.686. The molecule has 1 saturated carbocycles. The average molecular weight is 684 g/mol. The van der Waals surface area contributed by atoms with Crippen LogP contribution in [0.5, 0.6) is 11.5 Å². The predicted octanol–water partition coefficient (Wildman–Crippen LogP) is 4.11. The number of fused-ring (bicyclic) bond motifs is 2. The Hall–Kier alpha value is -2.87. The molecule has 0 unspecified atom stereocenters. The van der Waals surface area contributed by atoms with E-state index in [2.05, 4.69) is 25.1 Å². The number of nitrogens with zero attached hydrogens (tertiary/aromatic N) is 6. The molecule has 4 saturated heterocycles. The highest BCUT2D eigenvalue weighted by molar-refractivity contribution is 7.89. The number of carbonyl (C=O) groups is 1. The van der Waals surface area contributed by atoms with Crippen molar-refractivity contribution in [1.82, 2.24) is 29.4 Å². The second-order valence-electron chi connectivity index (χ2n) is 15.4. The lowest BCUT2D eigenvalue weighted by Gasteiger charge is -2.54. The van der Waals surface area contributed by atoms with Gasteiger partial charge < -0.3 is 24.8 Å². The summed E-state index contributed by atoms with van der Waals surface area (Å²) in [4.78, 5) is 28.8. The number of sulfonamides is 1. The molecule has 1 aromatic heterocycles. The van der Waals surface area contributed by atoms with Gasteiger partial charge in [0.2, 0.25) is 10.0 Å². The summed E-state index contributed by atoms with van der Waals surface area (Å²) in [7, 11) is -3.22. The molecule has 262 valence electrons. The van der Waals surface area contributed by atoms with Gasteiger partial charge in [-0.3, -0.25) is 4.79 Å². The molecule has 13 heteroatoms. The Labute approximate surface area is 284 Å². The molecule has 4 aliphatic heterocycles. The van der Waals surface area contributed by atoms with Crippen molar-refractivity contribution in [2.24, 2.45) is 11.3 Å². The number of hydrogen-bond acceptors (Lipinski definition) is 9. The van der Waals surface area contributed by atoms with Crippen LogP contribution in [0.4, 0.5) is 10.2 Å². The number of carbonyl (C=O) groups excluding carboxylic acids is 1. The minimum absolute atomic E-state index is 0.0639. The molecule has 3 atom stereocenters. The van der Waals surface area contributed by atoms with E-state index in [0.29, 0.717) is 30.1 Å². The smallest absolute Gasteiger partial charge is 0.258 e. The molecule has 2 bridgehead atoms. The molecule has 7 rings (SSSR count). The minimum Gasteiger partial charge on any atom is -0.451 e.